The Morgan fingerprint density at radius 2 is 1.72 bits per heavy atom. The van der Waals surface area contributed by atoms with Crippen molar-refractivity contribution in [3.63, 3.8) is 0 Å². The van der Waals surface area contributed by atoms with E-state index in [0.717, 1.165) is 11.3 Å². The first-order valence-electron chi connectivity index (χ1n) is 9.99. The van der Waals surface area contributed by atoms with Crippen LogP contribution in [0.5, 0.6) is 5.75 Å². The smallest absolute Gasteiger partial charge is 0.233 e. The normalized spacial score (nSPS) is 22.0. The summed E-state index contributed by atoms with van der Waals surface area (Å²) in [5, 5.41) is 2.93. The number of benzene rings is 1. The van der Waals surface area contributed by atoms with Crippen molar-refractivity contribution in [1.29, 1.82) is 0 Å². The Labute approximate surface area is 171 Å². The number of carbonyl (C=O) groups is 3. The molecule has 2 aliphatic rings. The number of fused-ring (bicyclic) bond motifs is 1. The summed E-state index contributed by atoms with van der Waals surface area (Å²) in [5.74, 6) is -0.152. The molecule has 0 spiro atoms. The molecule has 1 fully saturated rings. The second-order valence-corrected chi connectivity index (χ2v) is 7.79. The topological polar surface area (TPSA) is 79.0 Å². The van der Waals surface area contributed by atoms with Crippen molar-refractivity contribution in [2.45, 2.75) is 25.3 Å². The number of amides is 3. The van der Waals surface area contributed by atoms with Gasteiger partial charge < -0.3 is 15.0 Å². The molecule has 29 heavy (non-hydrogen) atoms. The zero-order valence-electron chi connectivity index (χ0n) is 17.3. The molecule has 7 heteroatoms. The van der Waals surface area contributed by atoms with Gasteiger partial charge in [0.1, 0.15) is 5.75 Å². The van der Waals surface area contributed by atoms with Crippen LogP contribution in [0.3, 0.4) is 0 Å². The van der Waals surface area contributed by atoms with E-state index in [1.165, 1.54) is 4.90 Å². The van der Waals surface area contributed by atoms with Gasteiger partial charge in [0, 0.05) is 19.5 Å². The van der Waals surface area contributed by atoms with Crippen molar-refractivity contribution >= 4 is 17.7 Å². The largest absolute Gasteiger partial charge is 0.497 e. The highest BCUT2D eigenvalue weighted by Gasteiger charge is 2.46. The zero-order valence-corrected chi connectivity index (χ0v) is 17.3. The highest BCUT2D eigenvalue weighted by molar-refractivity contribution is 6.05. The number of hydrogen-bond donors (Lipinski definition) is 1. The van der Waals surface area contributed by atoms with Gasteiger partial charge in [0.25, 0.3) is 0 Å². The molecule has 1 saturated heterocycles. The van der Waals surface area contributed by atoms with Crippen LogP contribution in [0.2, 0.25) is 0 Å². The van der Waals surface area contributed by atoms with E-state index in [0.29, 0.717) is 19.4 Å². The van der Waals surface area contributed by atoms with E-state index in [2.05, 4.69) is 5.32 Å². The lowest BCUT2D eigenvalue weighted by molar-refractivity contribution is -0.140. The van der Waals surface area contributed by atoms with E-state index in [9.17, 15) is 14.4 Å². The number of methoxy groups -OCH3 is 1. The van der Waals surface area contributed by atoms with Gasteiger partial charge in [-0.1, -0.05) is 24.3 Å². The van der Waals surface area contributed by atoms with E-state index < -0.39 is 0 Å². The number of likely N-dealkylation sites (tertiary alicyclic amines) is 1. The highest BCUT2D eigenvalue weighted by Crippen LogP contribution is 2.35. The predicted octanol–water partition coefficient (Wildman–Crippen LogP) is 1.76. The maximum absolute atomic E-state index is 12.5. The maximum atomic E-state index is 12.5. The summed E-state index contributed by atoms with van der Waals surface area (Å²) in [6, 6.07) is 7.76. The lowest BCUT2D eigenvalue weighted by Gasteiger charge is -2.25. The quantitative estimate of drug-likeness (QED) is 0.532. The number of imide groups is 1. The van der Waals surface area contributed by atoms with Gasteiger partial charge in [-0.2, -0.15) is 0 Å². The van der Waals surface area contributed by atoms with Crippen LogP contribution < -0.4 is 10.1 Å². The molecule has 156 valence electrons. The van der Waals surface area contributed by atoms with Gasteiger partial charge in [0.2, 0.25) is 17.7 Å². The van der Waals surface area contributed by atoms with Crippen LogP contribution >= 0.6 is 0 Å². The lowest BCUT2D eigenvalue weighted by atomic mass is 9.85. The van der Waals surface area contributed by atoms with Crippen LogP contribution in [0.25, 0.3) is 0 Å². The SMILES string of the molecule is COc1ccc([C@H](CNC(=O)CCN2C(=O)[C@H]3CC=CC[C@H]3C2=O)N(C)C)cc1. The second kappa shape index (κ2) is 9.22. The van der Waals surface area contributed by atoms with Crippen molar-refractivity contribution in [3.8, 4) is 5.75 Å². The molecule has 3 atom stereocenters. The van der Waals surface area contributed by atoms with Crippen molar-refractivity contribution in [2.24, 2.45) is 11.8 Å². The van der Waals surface area contributed by atoms with Crippen molar-refractivity contribution in [3.05, 3.63) is 42.0 Å². The summed E-state index contributed by atoms with van der Waals surface area (Å²) in [4.78, 5) is 40.6. The van der Waals surface area contributed by atoms with Gasteiger partial charge in [-0.3, -0.25) is 19.3 Å². The summed E-state index contributed by atoms with van der Waals surface area (Å²) in [5.41, 5.74) is 1.07. The Kier molecular flexibility index (Phi) is 6.69. The van der Waals surface area contributed by atoms with Gasteiger partial charge in [-0.15, -0.1) is 0 Å². The van der Waals surface area contributed by atoms with Gasteiger partial charge in [0.05, 0.1) is 25.0 Å². The summed E-state index contributed by atoms with van der Waals surface area (Å²) in [6.45, 7) is 0.584. The van der Waals surface area contributed by atoms with Crippen LogP contribution in [0.1, 0.15) is 30.9 Å². The Morgan fingerprint density at radius 3 is 2.24 bits per heavy atom. The van der Waals surface area contributed by atoms with Crippen LogP contribution in [-0.2, 0) is 14.4 Å². The Bertz CT molecular complexity index is 762. The van der Waals surface area contributed by atoms with E-state index >= 15 is 0 Å². The third-order valence-corrected chi connectivity index (χ3v) is 5.78. The highest BCUT2D eigenvalue weighted by atomic mass is 16.5. The molecule has 1 heterocycles. The lowest BCUT2D eigenvalue weighted by Crippen LogP contribution is -2.38. The number of rotatable bonds is 8. The third-order valence-electron chi connectivity index (χ3n) is 5.78. The average Bonchev–Trinajstić information content (AvgIpc) is 2.97. The number of nitrogens with zero attached hydrogens (tertiary/aromatic N) is 2. The minimum Gasteiger partial charge on any atom is -0.497 e. The Morgan fingerprint density at radius 1 is 1.14 bits per heavy atom. The molecule has 0 unspecified atom stereocenters. The van der Waals surface area contributed by atoms with Crippen LogP contribution in [0.15, 0.2) is 36.4 Å². The number of allylic oxidation sites excluding steroid dienone is 2. The average molecular weight is 399 g/mol. The molecule has 3 rings (SSSR count). The zero-order chi connectivity index (χ0) is 21.0. The maximum Gasteiger partial charge on any atom is 0.233 e. The molecule has 0 bridgehead atoms. The fourth-order valence-electron chi connectivity index (χ4n) is 4.03. The van der Waals surface area contributed by atoms with E-state index in [1.807, 2.05) is 55.4 Å². The minimum absolute atomic E-state index is 0.00819. The fourth-order valence-corrected chi connectivity index (χ4v) is 4.03. The molecule has 1 aromatic carbocycles. The minimum atomic E-state index is -0.247. The van der Waals surface area contributed by atoms with Crippen LogP contribution in [-0.4, -0.2) is 61.8 Å². The number of hydrogen-bond acceptors (Lipinski definition) is 5. The van der Waals surface area contributed by atoms with Gasteiger partial charge in [0.15, 0.2) is 0 Å². The molecule has 3 amide bonds. The molecule has 0 saturated carbocycles. The number of carbonyl (C=O) groups excluding carboxylic acids is 3. The standard InChI is InChI=1S/C22H29N3O4/c1-24(2)19(15-8-10-16(29-3)11-9-15)14-23-20(26)12-13-25-21(27)17-6-4-5-7-18(17)22(25)28/h4-5,8-11,17-19H,6-7,12-14H2,1-3H3,(H,23,26)/t17-,18+,19-/m0/s1. The number of likely N-dealkylation sites (N-methyl/N-ethyl adjacent to an activating group) is 1. The molecular weight excluding hydrogens is 370 g/mol. The molecule has 1 aromatic rings. The van der Waals surface area contributed by atoms with Crippen molar-refractivity contribution in [2.75, 3.05) is 34.3 Å². The van der Waals surface area contributed by atoms with Crippen LogP contribution in [0, 0.1) is 11.8 Å². The molecule has 1 N–H and O–H groups in total. The summed E-state index contributed by atoms with van der Waals surface area (Å²) in [7, 11) is 5.54. The predicted molar refractivity (Wildman–Crippen MR) is 109 cm³/mol. The van der Waals surface area contributed by atoms with Gasteiger partial charge in [-0.25, -0.2) is 0 Å². The summed E-state index contributed by atoms with van der Waals surface area (Å²) < 4.78 is 5.19. The Balaban J connectivity index is 1.52. The Hall–Kier alpha value is -2.67. The van der Waals surface area contributed by atoms with E-state index in [1.54, 1.807) is 7.11 Å². The molecule has 1 aliphatic carbocycles. The van der Waals surface area contributed by atoms with Gasteiger partial charge in [-0.05, 0) is 44.6 Å². The van der Waals surface area contributed by atoms with E-state index in [-0.39, 0.29) is 48.6 Å². The molecular formula is C22H29N3O4. The number of nitrogens with one attached hydrogen (secondary N) is 1. The van der Waals surface area contributed by atoms with Crippen molar-refractivity contribution < 1.29 is 19.1 Å². The summed E-state index contributed by atoms with van der Waals surface area (Å²) in [6.07, 6.45) is 5.27. The first-order valence-corrected chi connectivity index (χ1v) is 9.99. The third kappa shape index (κ3) is 4.67. The molecule has 0 aromatic heterocycles. The molecule has 0 radical (unpaired) electrons. The number of ether oxygens (including phenoxy) is 1. The van der Waals surface area contributed by atoms with Crippen LogP contribution in [0.4, 0.5) is 0 Å². The summed E-state index contributed by atoms with van der Waals surface area (Å²) >= 11 is 0. The fraction of sp³-hybridized carbons (Fsp3) is 0.500. The van der Waals surface area contributed by atoms with Crippen molar-refractivity contribution in [1.82, 2.24) is 15.1 Å². The molecule has 1 aliphatic heterocycles. The molecule has 7 nitrogen and oxygen atoms in total. The first-order chi connectivity index (χ1) is 13.9. The second-order valence-electron chi connectivity index (χ2n) is 7.79. The first kappa shape index (κ1) is 21.0. The monoisotopic (exact) mass is 399 g/mol. The van der Waals surface area contributed by atoms with Gasteiger partial charge >= 0.3 is 0 Å². The van der Waals surface area contributed by atoms with E-state index in [4.69, 9.17) is 4.74 Å².